The smallest absolute Gasteiger partial charge is 0.238 e. The van der Waals surface area contributed by atoms with Gasteiger partial charge < -0.3 is 4.74 Å². The summed E-state index contributed by atoms with van der Waals surface area (Å²) in [5, 5.41) is 0. The normalized spacial score (nSPS) is 23.8. The highest BCUT2D eigenvalue weighted by molar-refractivity contribution is 6.24. The van der Waals surface area contributed by atoms with E-state index in [9.17, 15) is 14.4 Å². The van der Waals surface area contributed by atoms with Gasteiger partial charge in [0.25, 0.3) is 0 Å². The second-order valence-electron chi connectivity index (χ2n) is 9.51. The second kappa shape index (κ2) is 8.45. The van der Waals surface area contributed by atoms with Gasteiger partial charge >= 0.3 is 0 Å². The SMILES string of the molecule is COc1ccc(C(C)=O)cc1N1C(=O)[C@@H]2[C@@H](C1=O)[C@@H]1C=C[C@@H]2C1=C(c1ccccc1)c1ccccc1. The number of imide groups is 1. The van der Waals surface area contributed by atoms with Crippen molar-refractivity contribution in [3.63, 3.8) is 0 Å². The molecule has 2 bridgehead atoms. The molecular weight excluding hydrogens is 450 g/mol. The summed E-state index contributed by atoms with van der Waals surface area (Å²) in [5.41, 5.74) is 5.14. The third-order valence-electron chi connectivity index (χ3n) is 7.66. The largest absolute Gasteiger partial charge is 0.495 e. The minimum absolute atomic E-state index is 0.138. The Morgan fingerprint density at radius 3 is 1.75 bits per heavy atom. The maximum absolute atomic E-state index is 13.9. The lowest BCUT2D eigenvalue weighted by atomic mass is 9.85. The monoisotopic (exact) mass is 475 g/mol. The standard InChI is InChI=1S/C31H25NO4/c1-18(33)21-13-16-25(36-2)24(17-21)32-30(34)28-22-14-15-23(29(28)31(32)35)27(22)26(19-9-5-3-6-10-19)20-11-7-4-8-12-20/h3-17,22-23,28-29H,1-2H3/t22-,23-,28+,29+/m1/s1. The molecule has 0 spiro atoms. The zero-order valence-electron chi connectivity index (χ0n) is 20.0. The van der Waals surface area contributed by atoms with E-state index in [0.717, 1.165) is 22.3 Å². The van der Waals surface area contributed by atoms with Crippen molar-refractivity contribution in [1.82, 2.24) is 0 Å². The predicted molar refractivity (Wildman–Crippen MR) is 137 cm³/mol. The molecule has 2 amide bonds. The topological polar surface area (TPSA) is 63.7 Å². The first-order valence-corrected chi connectivity index (χ1v) is 12.1. The molecule has 2 aliphatic carbocycles. The highest BCUT2D eigenvalue weighted by Gasteiger charge is 2.62. The Kier molecular flexibility index (Phi) is 5.22. The van der Waals surface area contributed by atoms with E-state index >= 15 is 0 Å². The molecule has 1 saturated heterocycles. The number of benzene rings is 3. The highest BCUT2D eigenvalue weighted by Crippen LogP contribution is 2.59. The molecule has 3 aliphatic rings. The molecule has 3 aromatic carbocycles. The zero-order valence-corrected chi connectivity index (χ0v) is 20.0. The Hall–Kier alpha value is -4.25. The second-order valence-corrected chi connectivity index (χ2v) is 9.51. The van der Waals surface area contributed by atoms with Crippen molar-refractivity contribution in [2.45, 2.75) is 6.92 Å². The van der Waals surface area contributed by atoms with E-state index in [1.807, 2.05) is 36.4 Å². The zero-order chi connectivity index (χ0) is 25.0. The van der Waals surface area contributed by atoms with E-state index in [0.29, 0.717) is 17.0 Å². The molecule has 178 valence electrons. The molecule has 0 radical (unpaired) electrons. The summed E-state index contributed by atoms with van der Waals surface area (Å²) in [4.78, 5) is 41.0. The lowest BCUT2D eigenvalue weighted by molar-refractivity contribution is -0.123. The van der Waals surface area contributed by atoms with Crippen LogP contribution in [0.3, 0.4) is 0 Å². The molecule has 4 atom stereocenters. The summed E-state index contributed by atoms with van der Waals surface area (Å²) >= 11 is 0. The van der Waals surface area contributed by atoms with E-state index in [1.54, 1.807) is 18.2 Å². The van der Waals surface area contributed by atoms with Gasteiger partial charge in [-0.1, -0.05) is 72.8 Å². The number of methoxy groups -OCH3 is 1. The molecule has 5 heteroatoms. The summed E-state index contributed by atoms with van der Waals surface area (Å²) in [6.07, 6.45) is 4.18. The maximum atomic E-state index is 13.9. The Bertz CT molecular complexity index is 1380. The summed E-state index contributed by atoms with van der Waals surface area (Å²) < 4.78 is 5.47. The Morgan fingerprint density at radius 1 is 0.750 bits per heavy atom. The third-order valence-corrected chi connectivity index (χ3v) is 7.66. The first kappa shape index (κ1) is 22.2. The summed E-state index contributed by atoms with van der Waals surface area (Å²) in [7, 11) is 1.50. The fourth-order valence-electron chi connectivity index (χ4n) is 6.13. The lowest BCUT2D eigenvalue weighted by Crippen LogP contribution is -2.33. The van der Waals surface area contributed by atoms with Crippen molar-refractivity contribution in [1.29, 1.82) is 0 Å². The van der Waals surface area contributed by atoms with Crippen LogP contribution < -0.4 is 9.64 Å². The van der Waals surface area contributed by atoms with Crippen LogP contribution in [0, 0.1) is 23.7 Å². The van der Waals surface area contributed by atoms with Crippen molar-refractivity contribution >= 4 is 28.9 Å². The van der Waals surface area contributed by atoms with Crippen molar-refractivity contribution in [2.75, 3.05) is 12.0 Å². The van der Waals surface area contributed by atoms with Gasteiger partial charge in [0.2, 0.25) is 11.8 Å². The van der Waals surface area contributed by atoms with Gasteiger partial charge in [0.1, 0.15) is 5.75 Å². The first-order chi connectivity index (χ1) is 17.5. The van der Waals surface area contributed by atoms with Crippen LogP contribution in [0.2, 0.25) is 0 Å². The number of ether oxygens (including phenoxy) is 1. The van der Waals surface area contributed by atoms with Crippen LogP contribution in [0.5, 0.6) is 5.75 Å². The molecule has 0 N–H and O–H groups in total. The highest BCUT2D eigenvalue weighted by atomic mass is 16.5. The average molecular weight is 476 g/mol. The van der Waals surface area contributed by atoms with Crippen LogP contribution in [0.25, 0.3) is 5.57 Å². The van der Waals surface area contributed by atoms with E-state index < -0.39 is 11.8 Å². The number of ketones is 1. The predicted octanol–water partition coefficient (Wildman–Crippen LogP) is 5.32. The number of allylic oxidation sites excluding steroid dienone is 3. The van der Waals surface area contributed by atoms with Crippen molar-refractivity contribution in [2.24, 2.45) is 23.7 Å². The van der Waals surface area contributed by atoms with Gasteiger partial charge in [-0.25, -0.2) is 4.90 Å². The number of carbonyl (C=O) groups excluding carboxylic acids is 3. The van der Waals surface area contributed by atoms with E-state index in [2.05, 4.69) is 36.4 Å². The lowest BCUT2D eigenvalue weighted by Gasteiger charge is -2.23. The molecule has 1 saturated carbocycles. The quantitative estimate of drug-likeness (QED) is 0.285. The Morgan fingerprint density at radius 2 is 1.28 bits per heavy atom. The average Bonchev–Trinajstić information content (AvgIpc) is 3.54. The number of rotatable bonds is 5. The van der Waals surface area contributed by atoms with Gasteiger partial charge in [-0.15, -0.1) is 0 Å². The minimum atomic E-state index is -0.476. The van der Waals surface area contributed by atoms with Crippen LogP contribution in [0.4, 0.5) is 5.69 Å². The molecule has 36 heavy (non-hydrogen) atoms. The number of hydrogen-bond donors (Lipinski definition) is 0. The van der Waals surface area contributed by atoms with E-state index in [1.165, 1.54) is 18.9 Å². The van der Waals surface area contributed by atoms with Gasteiger partial charge in [0.15, 0.2) is 5.78 Å². The molecule has 1 aliphatic heterocycles. The molecule has 1 heterocycles. The number of fused-ring (bicyclic) bond motifs is 5. The van der Waals surface area contributed by atoms with Gasteiger partial charge in [-0.05, 0) is 47.4 Å². The van der Waals surface area contributed by atoms with Crippen LogP contribution in [0.15, 0.2) is 96.6 Å². The minimum Gasteiger partial charge on any atom is -0.495 e. The van der Waals surface area contributed by atoms with E-state index in [4.69, 9.17) is 4.74 Å². The van der Waals surface area contributed by atoms with E-state index in [-0.39, 0.29) is 29.4 Å². The molecule has 0 unspecified atom stereocenters. The Balaban J connectivity index is 1.48. The number of hydrogen-bond acceptors (Lipinski definition) is 4. The molecule has 3 aromatic rings. The van der Waals surface area contributed by atoms with Crippen LogP contribution >= 0.6 is 0 Å². The molecule has 6 rings (SSSR count). The molecule has 5 nitrogen and oxygen atoms in total. The summed E-state index contributed by atoms with van der Waals surface area (Å²) in [6, 6.07) is 25.2. The molecular formula is C31H25NO4. The maximum Gasteiger partial charge on any atom is 0.238 e. The van der Waals surface area contributed by atoms with Crippen LogP contribution in [-0.2, 0) is 9.59 Å². The van der Waals surface area contributed by atoms with Gasteiger partial charge in [-0.2, -0.15) is 0 Å². The molecule has 0 aromatic heterocycles. The number of nitrogens with zero attached hydrogens (tertiary/aromatic N) is 1. The first-order valence-electron chi connectivity index (χ1n) is 12.1. The van der Waals surface area contributed by atoms with Crippen molar-refractivity contribution < 1.29 is 19.1 Å². The third kappa shape index (κ3) is 3.19. The molecule has 2 fully saturated rings. The van der Waals surface area contributed by atoms with Gasteiger partial charge in [0, 0.05) is 17.4 Å². The van der Waals surface area contributed by atoms with Crippen LogP contribution in [0.1, 0.15) is 28.4 Å². The van der Waals surface area contributed by atoms with Crippen molar-refractivity contribution in [3.8, 4) is 5.75 Å². The summed E-state index contributed by atoms with van der Waals surface area (Å²) in [5.74, 6) is -1.51. The fourth-order valence-corrected chi connectivity index (χ4v) is 6.13. The fraction of sp³-hybridized carbons (Fsp3) is 0.194. The number of Topliss-reactive ketones (excluding diaryl/α,β-unsaturated/α-hetero) is 1. The van der Waals surface area contributed by atoms with Gasteiger partial charge in [-0.3, -0.25) is 14.4 Å². The summed E-state index contributed by atoms with van der Waals surface area (Å²) in [6.45, 7) is 1.46. The number of carbonyl (C=O) groups is 3. The number of amides is 2. The van der Waals surface area contributed by atoms with Crippen molar-refractivity contribution in [3.05, 3.63) is 113 Å². The van der Waals surface area contributed by atoms with Gasteiger partial charge in [0.05, 0.1) is 24.6 Å². The van der Waals surface area contributed by atoms with Crippen LogP contribution in [-0.4, -0.2) is 24.7 Å². The number of anilines is 1. The Labute approximate surface area is 209 Å².